The van der Waals surface area contributed by atoms with Gasteiger partial charge in [0.2, 0.25) is 0 Å². The summed E-state index contributed by atoms with van der Waals surface area (Å²) in [7, 11) is 1.87. The van der Waals surface area contributed by atoms with Crippen LogP contribution in [0.1, 0.15) is 24.1 Å². The van der Waals surface area contributed by atoms with E-state index in [1.54, 1.807) is 12.1 Å². The van der Waals surface area contributed by atoms with Gasteiger partial charge >= 0.3 is 0 Å². The Morgan fingerprint density at radius 2 is 2.00 bits per heavy atom. The number of nitrogens with zero attached hydrogens (tertiary/aromatic N) is 1. The zero-order valence-electron chi connectivity index (χ0n) is 11.4. The Labute approximate surface area is 117 Å². The van der Waals surface area contributed by atoms with Crippen molar-refractivity contribution < 1.29 is 9.13 Å². The maximum atomic E-state index is 13.5. The predicted molar refractivity (Wildman–Crippen MR) is 75.1 cm³/mol. The molecular formula is C16H15FN2O. The van der Waals surface area contributed by atoms with Crippen LogP contribution in [0, 0.1) is 17.1 Å². The fourth-order valence-electron chi connectivity index (χ4n) is 1.84. The van der Waals surface area contributed by atoms with Crippen molar-refractivity contribution in [2.45, 2.75) is 13.0 Å². The van der Waals surface area contributed by atoms with Gasteiger partial charge in [-0.2, -0.15) is 5.26 Å². The van der Waals surface area contributed by atoms with Gasteiger partial charge in [-0.3, -0.25) is 0 Å². The van der Waals surface area contributed by atoms with E-state index in [1.807, 2.05) is 38.2 Å². The summed E-state index contributed by atoms with van der Waals surface area (Å²) < 4.78 is 19.1. The molecule has 0 spiro atoms. The van der Waals surface area contributed by atoms with Gasteiger partial charge in [-0.25, -0.2) is 4.39 Å². The van der Waals surface area contributed by atoms with Crippen LogP contribution >= 0.6 is 0 Å². The first-order chi connectivity index (χ1) is 9.65. The molecule has 0 aromatic heterocycles. The lowest BCUT2D eigenvalue weighted by Gasteiger charge is -2.13. The topological polar surface area (TPSA) is 45.0 Å². The van der Waals surface area contributed by atoms with Gasteiger partial charge < -0.3 is 10.1 Å². The summed E-state index contributed by atoms with van der Waals surface area (Å²) in [5.74, 6) is 0.221. The molecule has 20 heavy (non-hydrogen) atoms. The molecule has 0 radical (unpaired) electrons. The first kappa shape index (κ1) is 14.0. The van der Waals surface area contributed by atoms with Gasteiger partial charge in [-0.15, -0.1) is 0 Å². The molecule has 0 aliphatic carbocycles. The van der Waals surface area contributed by atoms with Crippen LogP contribution in [0.5, 0.6) is 11.5 Å². The van der Waals surface area contributed by atoms with Crippen molar-refractivity contribution in [1.29, 1.82) is 5.26 Å². The van der Waals surface area contributed by atoms with Crippen LogP contribution in [0.2, 0.25) is 0 Å². The van der Waals surface area contributed by atoms with E-state index in [0.717, 1.165) is 5.56 Å². The highest BCUT2D eigenvalue weighted by Gasteiger charge is 2.10. The molecule has 1 atom stereocenters. The minimum atomic E-state index is -0.579. The zero-order valence-corrected chi connectivity index (χ0v) is 11.4. The van der Waals surface area contributed by atoms with Crippen LogP contribution in [0.25, 0.3) is 0 Å². The van der Waals surface area contributed by atoms with Crippen molar-refractivity contribution in [2.24, 2.45) is 0 Å². The smallest absolute Gasteiger partial charge is 0.148 e. The molecular weight excluding hydrogens is 255 g/mol. The van der Waals surface area contributed by atoms with E-state index in [1.165, 1.54) is 12.1 Å². The third kappa shape index (κ3) is 2.95. The first-order valence-corrected chi connectivity index (χ1v) is 6.29. The van der Waals surface area contributed by atoms with Crippen LogP contribution in [-0.2, 0) is 0 Å². The lowest BCUT2D eigenvalue weighted by atomic mass is 10.1. The third-order valence-electron chi connectivity index (χ3n) is 3.11. The highest BCUT2D eigenvalue weighted by molar-refractivity contribution is 5.46. The summed E-state index contributed by atoms with van der Waals surface area (Å²) in [5, 5.41) is 12.1. The second-order valence-corrected chi connectivity index (χ2v) is 4.41. The van der Waals surface area contributed by atoms with E-state index in [0.29, 0.717) is 5.75 Å². The number of ether oxygens (including phenoxy) is 1. The molecule has 2 aromatic carbocycles. The second kappa shape index (κ2) is 6.18. The van der Waals surface area contributed by atoms with Crippen LogP contribution in [-0.4, -0.2) is 7.05 Å². The average Bonchev–Trinajstić information content (AvgIpc) is 2.47. The normalized spacial score (nSPS) is 11.7. The van der Waals surface area contributed by atoms with E-state index >= 15 is 0 Å². The van der Waals surface area contributed by atoms with Gasteiger partial charge in [-0.05, 0) is 43.8 Å². The number of hydrogen-bond donors (Lipinski definition) is 1. The predicted octanol–water partition coefficient (Wildman–Crippen LogP) is 3.77. The van der Waals surface area contributed by atoms with E-state index < -0.39 is 5.82 Å². The minimum absolute atomic E-state index is 0.0837. The molecule has 2 aromatic rings. The Bertz CT molecular complexity index is 649. The number of benzene rings is 2. The number of nitriles is 1. The van der Waals surface area contributed by atoms with Gasteiger partial charge in [-0.1, -0.05) is 18.2 Å². The Balaban J connectivity index is 2.32. The molecule has 0 heterocycles. The third-order valence-corrected chi connectivity index (χ3v) is 3.11. The highest BCUT2D eigenvalue weighted by Crippen LogP contribution is 2.28. The summed E-state index contributed by atoms with van der Waals surface area (Å²) in [6.45, 7) is 2.03. The van der Waals surface area contributed by atoms with Crippen molar-refractivity contribution in [3.63, 3.8) is 0 Å². The van der Waals surface area contributed by atoms with Gasteiger partial charge in [0, 0.05) is 6.04 Å². The molecule has 0 saturated heterocycles. The summed E-state index contributed by atoms with van der Waals surface area (Å²) in [5.41, 5.74) is 0.972. The monoisotopic (exact) mass is 270 g/mol. The maximum Gasteiger partial charge on any atom is 0.148 e. The second-order valence-electron chi connectivity index (χ2n) is 4.41. The van der Waals surface area contributed by atoms with Crippen LogP contribution < -0.4 is 10.1 Å². The molecule has 0 aliphatic heterocycles. The van der Waals surface area contributed by atoms with Gasteiger partial charge in [0.15, 0.2) is 0 Å². The molecule has 102 valence electrons. The minimum Gasteiger partial charge on any atom is -0.456 e. The van der Waals surface area contributed by atoms with Gasteiger partial charge in [0.1, 0.15) is 28.9 Å². The molecule has 0 fully saturated rings. The molecule has 4 heteroatoms. The Hall–Kier alpha value is -2.38. The summed E-state index contributed by atoms with van der Waals surface area (Å²) in [4.78, 5) is 0. The quantitative estimate of drug-likeness (QED) is 0.919. The first-order valence-electron chi connectivity index (χ1n) is 6.29. The molecule has 0 saturated carbocycles. The van der Waals surface area contributed by atoms with Crippen molar-refractivity contribution >= 4 is 0 Å². The van der Waals surface area contributed by atoms with Gasteiger partial charge in [0.25, 0.3) is 0 Å². The average molecular weight is 270 g/mol. The zero-order chi connectivity index (χ0) is 14.5. The maximum absolute atomic E-state index is 13.5. The number of nitrogens with one attached hydrogen (secondary N) is 1. The summed E-state index contributed by atoms with van der Waals surface area (Å²) in [6.07, 6.45) is 0. The molecule has 1 N–H and O–H groups in total. The molecule has 0 bridgehead atoms. The Morgan fingerprint density at radius 3 is 2.70 bits per heavy atom. The van der Waals surface area contributed by atoms with E-state index in [9.17, 15) is 4.39 Å². The molecule has 3 nitrogen and oxygen atoms in total. The lowest BCUT2D eigenvalue weighted by molar-refractivity contribution is 0.472. The molecule has 0 aliphatic rings. The van der Waals surface area contributed by atoms with Crippen molar-refractivity contribution in [1.82, 2.24) is 5.32 Å². The Morgan fingerprint density at radius 1 is 1.25 bits per heavy atom. The number of halogens is 1. The fourth-order valence-corrected chi connectivity index (χ4v) is 1.84. The fraction of sp³-hybridized carbons (Fsp3) is 0.188. The largest absolute Gasteiger partial charge is 0.456 e. The van der Waals surface area contributed by atoms with Crippen molar-refractivity contribution in [3.05, 3.63) is 59.4 Å². The number of hydrogen-bond acceptors (Lipinski definition) is 3. The van der Waals surface area contributed by atoms with Gasteiger partial charge in [0.05, 0.1) is 0 Å². The summed E-state index contributed by atoms with van der Waals surface area (Å²) in [6, 6.07) is 13.8. The summed E-state index contributed by atoms with van der Waals surface area (Å²) >= 11 is 0. The molecule has 0 amide bonds. The van der Waals surface area contributed by atoms with Crippen molar-refractivity contribution in [3.8, 4) is 17.6 Å². The van der Waals surface area contributed by atoms with E-state index in [4.69, 9.17) is 10.00 Å². The SMILES string of the molecule is CNC(C)c1cccc(Oc2cccc(F)c2C#N)c1. The molecule has 1 unspecified atom stereocenters. The van der Waals surface area contributed by atoms with Crippen LogP contribution in [0.15, 0.2) is 42.5 Å². The lowest BCUT2D eigenvalue weighted by Crippen LogP contribution is -2.12. The Kier molecular flexibility index (Phi) is 4.34. The van der Waals surface area contributed by atoms with E-state index in [2.05, 4.69) is 5.32 Å². The highest BCUT2D eigenvalue weighted by atomic mass is 19.1. The van der Waals surface area contributed by atoms with Crippen LogP contribution in [0.4, 0.5) is 4.39 Å². The molecule has 2 rings (SSSR count). The standard InChI is InChI=1S/C16H15FN2O/c1-11(19-2)12-5-3-6-13(9-12)20-16-8-4-7-15(17)14(16)10-18/h3-9,11,19H,1-2H3. The van der Waals surface area contributed by atoms with E-state index in [-0.39, 0.29) is 17.4 Å². The van der Waals surface area contributed by atoms with Crippen molar-refractivity contribution in [2.75, 3.05) is 7.05 Å². The van der Waals surface area contributed by atoms with Crippen LogP contribution in [0.3, 0.4) is 0 Å². The number of rotatable bonds is 4.